The average Bonchev–Trinajstić information content (AvgIpc) is 3.25. The number of hydrogen-bond donors (Lipinski definition) is 1. The predicted molar refractivity (Wildman–Crippen MR) is 105 cm³/mol. The molecule has 3 rings (SSSR count). The van der Waals surface area contributed by atoms with E-state index in [0.717, 1.165) is 13.1 Å². The zero-order chi connectivity index (χ0) is 19.8. The van der Waals surface area contributed by atoms with Gasteiger partial charge < -0.3 is 14.2 Å². The Labute approximate surface area is 166 Å². The molecule has 1 aliphatic rings. The summed E-state index contributed by atoms with van der Waals surface area (Å²) in [4.78, 5) is 26.5. The Kier molecular flexibility index (Phi) is 7.12. The van der Waals surface area contributed by atoms with E-state index >= 15 is 0 Å². The number of rotatable bonds is 7. The number of thiophene rings is 1. The fourth-order valence-corrected chi connectivity index (χ4v) is 3.17. The van der Waals surface area contributed by atoms with Gasteiger partial charge in [0.05, 0.1) is 33.1 Å². The molecule has 0 atom stereocenters. The van der Waals surface area contributed by atoms with Gasteiger partial charge in [-0.05, 0) is 35.2 Å². The first kappa shape index (κ1) is 20.0. The standard InChI is InChI=1S/C19H21N3O5S/c1-25-16-11-14(4-5-15(16)27-19(24)17-3-2-10-28-17)12-20-21-18(23)13-22-6-8-26-9-7-22/h2-5,10-12H,6-9,13H2,1H3,(H,21,23). The maximum Gasteiger partial charge on any atom is 0.353 e. The highest BCUT2D eigenvalue weighted by Crippen LogP contribution is 2.28. The van der Waals surface area contributed by atoms with Crippen LogP contribution in [0.4, 0.5) is 0 Å². The highest BCUT2D eigenvalue weighted by molar-refractivity contribution is 7.12. The molecule has 0 spiro atoms. The van der Waals surface area contributed by atoms with Crippen LogP contribution < -0.4 is 14.9 Å². The molecule has 0 radical (unpaired) electrons. The monoisotopic (exact) mass is 403 g/mol. The highest BCUT2D eigenvalue weighted by Gasteiger charge is 2.14. The summed E-state index contributed by atoms with van der Waals surface area (Å²) in [5.41, 5.74) is 3.20. The van der Waals surface area contributed by atoms with E-state index in [0.29, 0.717) is 35.2 Å². The minimum Gasteiger partial charge on any atom is -0.493 e. The maximum absolute atomic E-state index is 12.1. The van der Waals surface area contributed by atoms with E-state index < -0.39 is 5.97 Å². The number of hydrogen-bond acceptors (Lipinski definition) is 8. The highest BCUT2D eigenvalue weighted by atomic mass is 32.1. The lowest BCUT2D eigenvalue weighted by molar-refractivity contribution is -0.123. The first-order chi connectivity index (χ1) is 13.7. The third-order valence-corrected chi connectivity index (χ3v) is 4.84. The molecule has 28 heavy (non-hydrogen) atoms. The normalized spacial score (nSPS) is 14.8. The van der Waals surface area contributed by atoms with Crippen molar-refractivity contribution >= 4 is 29.4 Å². The molecule has 9 heteroatoms. The summed E-state index contributed by atoms with van der Waals surface area (Å²) in [7, 11) is 1.49. The number of benzene rings is 1. The summed E-state index contributed by atoms with van der Waals surface area (Å²) in [6, 6.07) is 8.50. The van der Waals surface area contributed by atoms with E-state index in [4.69, 9.17) is 14.2 Å². The lowest BCUT2D eigenvalue weighted by atomic mass is 10.2. The van der Waals surface area contributed by atoms with Crippen molar-refractivity contribution in [2.24, 2.45) is 5.10 Å². The number of hydrazone groups is 1. The van der Waals surface area contributed by atoms with Crippen LogP contribution in [0, 0.1) is 0 Å². The molecule has 8 nitrogen and oxygen atoms in total. The van der Waals surface area contributed by atoms with Crippen LogP contribution in [-0.4, -0.2) is 62.9 Å². The average molecular weight is 403 g/mol. The number of esters is 1. The van der Waals surface area contributed by atoms with Crippen molar-refractivity contribution in [2.45, 2.75) is 0 Å². The van der Waals surface area contributed by atoms with Gasteiger partial charge in [-0.15, -0.1) is 11.3 Å². The Morgan fingerprint density at radius 1 is 1.29 bits per heavy atom. The summed E-state index contributed by atoms with van der Waals surface area (Å²) in [6.45, 7) is 3.03. The van der Waals surface area contributed by atoms with Gasteiger partial charge in [0.2, 0.25) is 0 Å². The number of ether oxygens (including phenoxy) is 3. The smallest absolute Gasteiger partial charge is 0.353 e. The van der Waals surface area contributed by atoms with Gasteiger partial charge in [0, 0.05) is 13.1 Å². The molecule has 2 aromatic rings. The van der Waals surface area contributed by atoms with Gasteiger partial charge in [-0.2, -0.15) is 5.10 Å². The number of carbonyl (C=O) groups excluding carboxylic acids is 2. The molecule has 1 aliphatic heterocycles. The van der Waals surface area contributed by atoms with Crippen molar-refractivity contribution in [2.75, 3.05) is 40.0 Å². The molecule has 0 aliphatic carbocycles. The number of methoxy groups -OCH3 is 1. The van der Waals surface area contributed by atoms with Crippen LogP contribution in [0.25, 0.3) is 0 Å². The van der Waals surface area contributed by atoms with Crippen LogP contribution in [0.5, 0.6) is 11.5 Å². The van der Waals surface area contributed by atoms with Crippen molar-refractivity contribution in [3.63, 3.8) is 0 Å². The summed E-state index contributed by atoms with van der Waals surface area (Å²) in [5.74, 6) is 0.0830. The molecule has 0 unspecified atom stereocenters. The molecule has 1 aromatic heterocycles. The fraction of sp³-hybridized carbons (Fsp3) is 0.316. The molecule has 0 saturated carbocycles. The van der Waals surface area contributed by atoms with Crippen molar-refractivity contribution in [3.8, 4) is 11.5 Å². The van der Waals surface area contributed by atoms with Gasteiger partial charge in [0.15, 0.2) is 11.5 Å². The Morgan fingerprint density at radius 2 is 2.11 bits per heavy atom. The second kappa shape index (κ2) is 9.98. The predicted octanol–water partition coefficient (Wildman–Crippen LogP) is 1.76. The molecule has 1 N–H and O–H groups in total. The van der Waals surface area contributed by atoms with E-state index in [-0.39, 0.29) is 12.5 Å². The van der Waals surface area contributed by atoms with Gasteiger partial charge >= 0.3 is 5.97 Å². The van der Waals surface area contributed by atoms with E-state index in [2.05, 4.69) is 10.5 Å². The largest absolute Gasteiger partial charge is 0.493 e. The van der Waals surface area contributed by atoms with E-state index in [9.17, 15) is 9.59 Å². The second-order valence-corrected chi connectivity index (χ2v) is 6.91. The molecule has 1 fully saturated rings. The lowest BCUT2D eigenvalue weighted by Gasteiger charge is -2.25. The molecule has 1 aromatic carbocycles. The minimum absolute atomic E-state index is 0.188. The Balaban J connectivity index is 1.56. The number of nitrogens with zero attached hydrogens (tertiary/aromatic N) is 2. The minimum atomic E-state index is -0.440. The lowest BCUT2D eigenvalue weighted by Crippen LogP contribution is -2.42. The quantitative estimate of drug-likeness (QED) is 0.328. The maximum atomic E-state index is 12.1. The molecule has 1 amide bonds. The van der Waals surface area contributed by atoms with Crippen LogP contribution in [-0.2, 0) is 9.53 Å². The van der Waals surface area contributed by atoms with Crippen LogP contribution >= 0.6 is 11.3 Å². The summed E-state index contributed by atoms with van der Waals surface area (Å²) < 4.78 is 15.9. The fourth-order valence-electron chi connectivity index (χ4n) is 2.57. The van der Waals surface area contributed by atoms with Crippen molar-refractivity contribution in [1.82, 2.24) is 10.3 Å². The SMILES string of the molecule is COc1cc(C=NNC(=O)CN2CCOCC2)ccc1OC(=O)c1cccs1. The molecule has 1 saturated heterocycles. The number of carbonyl (C=O) groups is 2. The Hall–Kier alpha value is -2.75. The van der Waals surface area contributed by atoms with Crippen LogP contribution in [0.2, 0.25) is 0 Å². The molecule has 0 bridgehead atoms. The van der Waals surface area contributed by atoms with E-state index in [1.807, 2.05) is 4.90 Å². The topological polar surface area (TPSA) is 89.5 Å². The summed E-state index contributed by atoms with van der Waals surface area (Å²) >= 11 is 1.31. The van der Waals surface area contributed by atoms with Crippen LogP contribution in [0.3, 0.4) is 0 Å². The zero-order valence-corrected chi connectivity index (χ0v) is 16.2. The summed E-state index contributed by atoms with van der Waals surface area (Å²) in [5, 5.41) is 5.78. The van der Waals surface area contributed by atoms with Crippen molar-refractivity contribution in [1.29, 1.82) is 0 Å². The number of morpholine rings is 1. The second-order valence-electron chi connectivity index (χ2n) is 5.96. The first-order valence-corrected chi connectivity index (χ1v) is 9.59. The molecule has 2 heterocycles. The zero-order valence-electron chi connectivity index (χ0n) is 15.4. The van der Waals surface area contributed by atoms with Crippen LogP contribution in [0.15, 0.2) is 40.8 Å². The third-order valence-electron chi connectivity index (χ3n) is 3.99. The third kappa shape index (κ3) is 5.62. The number of nitrogens with one attached hydrogen (secondary N) is 1. The first-order valence-electron chi connectivity index (χ1n) is 8.71. The van der Waals surface area contributed by atoms with Crippen LogP contribution in [0.1, 0.15) is 15.2 Å². The molecular formula is C19H21N3O5S. The molecular weight excluding hydrogens is 382 g/mol. The Morgan fingerprint density at radius 3 is 2.82 bits per heavy atom. The van der Waals surface area contributed by atoms with E-state index in [1.165, 1.54) is 24.7 Å². The summed E-state index contributed by atoms with van der Waals surface area (Å²) in [6.07, 6.45) is 1.50. The number of amides is 1. The van der Waals surface area contributed by atoms with Gasteiger partial charge in [-0.25, -0.2) is 10.2 Å². The molecule has 148 valence electrons. The van der Waals surface area contributed by atoms with Gasteiger partial charge in [-0.1, -0.05) is 6.07 Å². The Bertz CT molecular complexity index is 832. The van der Waals surface area contributed by atoms with Gasteiger partial charge in [-0.3, -0.25) is 9.69 Å². The van der Waals surface area contributed by atoms with Crippen molar-refractivity contribution in [3.05, 3.63) is 46.2 Å². The van der Waals surface area contributed by atoms with E-state index in [1.54, 1.807) is 35.7 Å². The van der Waals surface area contributed by atoms with Crippen molar-refractivity contribution < 1.29 is 23.8 Å². The van der Waals surface area contributed by atoms with Gasteiger partial charge in [0.1, 0.15) is 4.88 Å². The van der Waals surface area contributed by atoms with Gasteiger partial charge in [0.25, 0.3) is 5.91 Å².